The summed E-state index contributed by atoms with van der Waals surface area (Å²) in [5.74, 6) is 0.0822. The van der Waals surface area contributed by atoms with Crippen LogP contribution in [0.3, 0.4) is 0 Å². The summed E-state index contributed by atoms with van der Waals surface area (Å²) in [5, 5.41) is 11.6. The zero-order valence-corrected chi connectivity index (χ0v) is 8.48. The molecule has 1 unspecified atom stereocenters. The number of amides is 2. The van der Waals surface area contributed by atoms with E-state index in [9.17, 15) is 9.59 Å². The minimum atomic E-state index is -0.870. The molecule has 2 aliphatic heterocycles. The SMILES string of the molecule is O=C1NCCC1N1CCN(C(=O)O)CC1. The fourth-order valence-corrected chi connectivity index (χ4v) is 2.15. The number of carboxylic acid groups (broad SMARTS) is 1. The van der Waals surface area contributed by atoms with Gasteiger partial charge < -0.3 is 15.3 Å². The predicted octanol–water partition coefficient (Wildman–Crippen LogP) is -0.829. The van der Waals surface area contributed by atoms with Crippen LogP contribution in [0.25, 0.3) is 0 Å². The van der Waals surface area contributed by atoms with Crippen molar-refractivity contribution in [2.45, 2.75) is 12.5 Å². The Hall–Kier alpha value is -1.30. The molecule has 0 aromatic heterocycles. The first-order valence-corrected chi connectivity index (χ1v) is 5.18. The predicted molar refractivity (Wildman–Crippen MR) is 52.6 cm³/mol. The van der Waals surface area contributed by atoms with E-state index < -0.39 is 6.09 Å². The second-order valence-corrected chi connectivity index (χ2v) is 3.90. The van der Waals surface area contributed by atoms with E-state index in [2.05, 4.69) is 10.2 Å². The van der Waals surface area contributed by atoms with Crippen molar-refractivity contribution in [3.63, 3.8) is 0 Å². The Morgan fingerprint density at radius 1 is 1.33 bits per heavy atom. The van der Waals surface area contributed by atoms with E-state index in [4.69, 9.17) is 5.11 Å². The topological polar surface area (TPSA) is 72.9 Å². The summed E-state index contributed by atoms with van der Waals surface area (Å²) in [5.41, 5.74) is 0. The molecule has 2 fully saturated rings. The lowest BCUT2D eigenvalue weighted by molar-refractivity contribution is -0.124. The van der Waals surface area contributed by atoms with Gasteiger partial charge in [-0.25, -0.2) is 4.79 Å². The average molecular weight is 213 g/mol. The van der Waals surface area contributed by atoms with Crippen LogP contribution in [0.5, 0.6) is 0 Å². The largest absolute Gasteiger partial charge is 0.465 e. The lowest BCUT2D eigenvalue weighted by Crippen LogP contribution is -2.53. The van der Waals surface area contributed by atoms with E-state index in [0.717, 1.165) is 13.0 Å². The van der Waals surface area contributed by atoms with Crippen molar-refractivity contribution in [2.75, 3.05) is 32.7 Å². The molecule has 2 amide bonds. The summed E-state index contributed by atoms with van der Waals surface area (Å²) in [7, 11) is 0. The standard InChI is InChI=1S/C9H15N3O3/c13-8-7(1-2-10-8)11-3-5-12(6-4-11)9(14)15/h7H,1-6H2,(H,10,13)(H,14,15). The number of piperazine rings is 1. The summed E-state index contributed by atoms with van der Waals surface area (Å²) in [6, 6.07) is -0.0408. The van der Waals surface area contributed by atoms with Gasteiger partial charge in [0.2, 0.25) is 5.91 Å². The van der Waals surface area contributed by atoms with Gasteiger partial charge in [-0.3, -0.25) is 9.69 Å². The molecule has 2 rings (SSSR count). The summed E-state index contributed by atoms with van der Waals surface area (Å²) in [6.07, 6.45) is -0.0307. The molecule has 2 saturated heterocycles. The van der Waals surface area contributed by atoms with Gasteiger partial charge in [0.1, 0.15) is 0 Å². The Morgan fingerprint density at radius 3 is 2.47 bits per heavy atom. The molecule has 0 aliphatic carbocycles. The van der Waals surface area contributed by atoms with Gasteiger partial charge in [-0.05, 0) is 6.42 Å². The molecular weight excluding hydrogens is 198 g/mol. The van der Waals surface area contributed by atoms with E-state index in [0.29, 0.717) is 26.2 Å². The number of carbonyl (C=O) groups excluding carboxylic acids is 1. The van der Waals surface area contributed by atoms with Crippen molar-refractivity contribution in [2.24, 2.45) is 0 Å². The van der Waals surface area contributed by atoms with Gasteiger partial charge in [0.05, 0.1) is 6.04 Å². The molecule has 6 nitrogen and oxygen atoms in total. The highest BCUT2D eigenvalue weighted by Gasteiger charge is 2.32. The highest BCUT2D eigenvalue weighted by molar-refractivity contribution is 5.83. The van der Waals surface area contributed by atoms with Gasteiger partial charge in [-0.2, -0.15) is 0 Å². The molecule has 0 saturated carbocycles. The minimum absolute atomic E-state index is 0.0408. The van der Waals surface area contributed by atoms with Crippen molar-refractivity contribution in [1.82, 2.24) is 15.1 Å². The Labute approximate surface area is 87.8 Å². The number of carbonyl (C=O) groups is 2. The maximum Gasteiger partial charge on any atom is 0.407 e. The molecule has 2 aliphatic rings. The summed E-state index contributed by atoms with van der Waals surface area (Å²) >= 11 is 0. The molecule has 6 heteroatoms. The Balaban J connectivity index is 1.87. The van der Waals surface area contributed by atoms with Crippen LogP contribution in [0.4, 0.5) is 4.79 Å². The fraction of sp³-hybridized carbons (Fsp3) is 0.778. The fourth-order valence-electron chi connectivity index (χ4n) is 2.15. The van der Waals surface area contributed by atoms with Crippen LogP contribution >= 0.6 is 0 Å². The van der Waals surface area contributed by atoms with Crippen molar-refractivity contribution in [3.05, 3.63) is 0 Å². The average Bonchev–Trinajstić information content (AvgIpc) is 2.65. The highest BCUT2D eigenvalue weighted by Crippen LogP contribution is 2.12. The second-order valence-electron chi connectivity index (χ2n) is 3.90. The second kappa shape index (κ2) is 4.06. The lowest BCUT2D eigenvalue weighted by Gasteiger charge is -2.35. The lowest BCUT2D eigenvalue weighted by atomic mass is 10.2. The van der Waals surface area contributed by atoms with Crippen molar-refractivity contribution < 1.29 is 14.7 Å². The van der Waals surface area contributed by atoms with Crippen molar-refractivity contribution >= 4 is 12.0 Å². The van der Waals surface area contributed by atoms with Gasteiger partial charge >= 0.3 is 6.09 Å². The van der Waals surface area contributed by atoms with Crippen LogP contribution in [0, 0.1) is 0 Å². The molecule has 1 atom stereocenters. The summed E-state index contributed by atoms with van der Waals surface area (Å²) < 4.78 is 0. The van der Waals surface area contributed by atoms with Gasteiger partial charge in [0.15, 0.2) is 0 Å². The van der Waals surface area contributed by atoms with Gasteiger partial charge in [-0.15, -0.1) is 0 Å². The van der Waals surface area contributed by atoms with E-state index in [1.54, 1.807) is 0 Å². The zero-order valence-electron chi connectivity index (χ0n) is 8.48. The van der Waals surface area contributed by atoms with Crippen molar-refractivity contribution in [1.29, 1.82) is 0 Å². The number of nitrogens with zero attached hydrogens (tertiary/aromatic N) is 2. The molecule has 0 spiro atoms. The van der Waals surface area contributed by atoms with E-state index >= 15 is 0 Å². The Kier molecular flexibility index (Phi) is 2.77. The van der Waals surface area contributed by atoms with Gasteiger partial charge in [-0.1, -0.05) is 0 Å². The molecule has 0 radical (unpaired) electrons. The van der Waals surface area contributed by atoms with E-state index in [1.165, 1.54) is 4.90 Å². The Morgan fingerprint density at radius 2 is 2.00 bits per heavy atom. The third-order valence-corrected chi connectivity index (χ3v) is 3.05. The monoisotopic (exact) mass is 213 g/mol. The third-order valence-electron chi connectivity index (χ3n) is 3.05. The highest BCUT2D eigenvalue weighted by atomic mass is 16.4. The number of rotatable bonds is 1. The van der Waals surface area contributed by atoms with Gasteiger partial charge in [0, 0.05) is 32.7 Å². The van der Waals surface area contributed by atoms with Crippen LogP contribution in [0.15, 0.2) is 0 Å². The molecule has 0 aromatic rings. The number of hydrogen-bond acceptors (Lipinski definition) is 3. The minimum Gasteiger partial charge on any atom is -0.465 e. The molecule has 84 valence electrons. The number of hydrogen-bond donors (Lipinski definition) is 2. The maximum absolute atomic E-state index is 11.4. The van der Waals surface area contributed by atoms with Crippen LogP contribution in [-0.2, 0) is 4.79 Å². The molecular formula is C9H15N3O3. The smallest absolute Gasteiger partial charge is 0.407 e. The normalized spacial score (nSPS) is 27.9. The molecule has 0 bridgehead atoms. The summed E-state index contributed by atoms with van der Waals surface area (Å²) in [6.45, 7) is 3.05. The number of nitrogens with one attached hydrogen (secondary N) is 1. The van der Waals surface area contributed by atoms with Crippen LogP contribution in [0.2, 0.25) is 0 Å². The molecule has 15 heavy (non-hydrogen) atoms. The van der Waals surface area contributed by atoms with E-state index in [1.807, 2.05) is 0 Å². The van der Waals surface area contributed by atoms with Gasteiger partial charge in [0.25, 0.3) is 0 Å². The first-order valence-electron chi connectivity index (χ1n) is 5.18. The van der Waals surface area contributed by atoms with Crippen LogP contribution in [-0.4, -0.2) is 65.7 Å². The summed E-state index contributed by atoms with van der Waals surface area (Å²) in [4.78, 5) is 25.5. The molecule has 2 N–H and O–H groups in total. The first kappa shape index (κ1) is 10.2. The quantitative estimate of drug-likeness (QED) is 0.596. The molecule has 0 aromatic carbocycles. The van der Waals surface area contributed by atoms with Crippen molar-refractivity contribution in [3.8, 4) is 0 Å². The maximum atomic E-state index is 11.4. The zero-order chi connectivity index (χ0) is 10.8. The van der Waals surface area contributed by atoms with E-state index in [-0.39, 0.29) is 11.9 Å². The molecule has 2 heterocycles. The first-order chi connectivity index (χ1) is 7.18. The van der Waals surface area contributed by atoms with Crippen LogP contribution in [0.1, 0.15) is 6.42 Å². The van der Waals surface area contributed by atoms with Crippen LogP contribution < -0.4 is 5.32 Å². The Bertz CT molecular complexity index is 274. The third kappa shape index (κ3) is 2.04.